The molecule has 7 nitrogen and oxygen atoms in total. The minimum Gasteiger partial charge on any atom is -0.497 e. The Hall–Kier alpha value is -2.57. The van der Waals surface area contributed by atoms with Gasteiger partial charge in [0.15, 0.2) is 0 Å². The molecule has 0 spiro atoms. The van der Waals surface area contributed by atoms with Gasteiger partial charge in [-0.15, -0.1) is 5.10 Å². The second-order valence-corrected chi connectivity index (χ2v) is 4.60. The van der Waals surface area contributed by atoms with E-state index >= 15 is 0 Å². The Morgan fingerprint density at radius 3 is 2.86 bits per heavy atom. The van der Waals surface area contributed by atoms with E-state index < -0.39 is 0 Å². The predicted molar refractivity (Wildman–Crippen MR) is 77.6 cm³/mol. The number of nitrogens with one attached hydrogen (secondary N) is 2. The van der Waals surface area contributed by atoms with E-state index in [9.17, 15) is 4.79 Å². The number of carbonyl (C=O) groups is 1. The molecule has 0 aliphatic heterocycles. The van der Waals surface area contributed by atoms with Crippen LogP contribution in [0.2, 0.25) is 0 Å². The number of H-pyrrole nitrogens is 1. The molecule has 1 atom stereocenters. The van der Waals surface area contributed by atoms with Crippen LogP contribution in [0.5, 0.6) is 11.8 Å². The molecule has 0 aliphatic carbocycles. The maximum Gasteiger partial charge on any atom is 0.336 e. The van der Waals surface area contributed by atoms with Gasteiger partial charge in [-0.3, -0.25) is 10.1 Å². The highest BCUT2D eigenvalue weighted by Gasteiger charge is 2.13. The second-order valence-electron chi connectivity index (χ2n) is 4.60. The van der Waals surface area contributed by atoms with Crippen molar-refractivity contribution >= 4 is 11.9 Å². The molecule has 0 aliphatic rings. The molecular weight excluding hydrogens is 272 g/mol. The van der Waals surface area contributed by atoms with Crippen LogP contribution in [0.1, 0.15) is 24.8 Å². The highest BCUT2D eigenvalue weighted by molar-refractivity contribution is 5.89. The van der Waals surface area contributed by atoms with Crippen LogP contribution in [0, 0.1) is 0 Å². The van der Waals surface area contributed by atoms with Crippen LogP contribution < -0.4 is 14.8 Å². The molecule has 1 aromatic carbocycles. The normalized spacial score (nSPS) is 11.8. The van der Waals surface area contributed by atoms with Gasteiger partial charge in [-0.2, -0.15) is 4.98 Å². The number of hydrogen-bond donors (Lipinski definition) is 2. The Morgan fingerprint density at radius 2 is 2.19 bits per heavy atom. The summed E-state index contributed by atoms with van der Waals surface area (Å²) in [5, 5.41) is 8.99. The molecule has 0 saturated carbocycles. The zero-order chi connectivity index (χ0) is 15.2. The molecular formula is C14H18N4O3. The van der Waals surface area contributed by atoms with Gasteiger partial charge in [0.25, 0.3) is 0 Å². The molecule has 2 aromatic rings. The number of hydrogen-bond acceptors (Lipinski definition) is 5. The molecule has 2 rings (SSSR count). The van der Waals surface area contributed by atoms with Gasteiger partial charge in [-0.25, -0.2) is 5.10 Å². The molecule has 0 bridgehead atoms. The van der Waals surface area contributed by atoms with Crippen molar-refractivity contribution in [1.82, 2.24) is 15.2 Å². The van der Waals surface area contributed by atoms with Gasteiger partial charge in [0.2, 0.25) is 11.9 Å². The quantitative estimate of drug-likeness (QED) is 0.848. The standard InChI is InChI=1S/C14H18N4O3/c1-9(10-5-4-6-11(8-10)20-2)7-12(19)15-13-16-14(21-3)18-17-13/h4-6,8-9H,7H2,1-3H3,(H2,15,16,17,18,19)/t9-/m1/s1. The van der Waals surface area contributed by atoms with Gasteiger partial charge in [0, 0.05) is 6.42 Å². The summed E-state index contributed by atoms with van der Waals surface area (Å²) in [7, 11) is 3.08. The fraction of sp³-hybridized carbons (Fsp3) is 0.357. The van der Waals surface area contributed by atoms with E-state index in [1.54, 1.807) is 7.11 Å². The average Bonchev–Trinajstić information content (AvgIpc) is 2.94. The van der Waals surface area contributed by atoms with Crippen molar-refractivity contribution in [2.45, 2.75) is 19.3 Å². The van der Waals surface area contributed by atoms with Crippen molar-refractivity contribution in [3.63, 3.8) is 0 Å². The number of amides is 1. The molecule has 0 saturated heterocycles. The third kappa shape index (κ3) is 3.95. The van der Waals surface area contributed by atoms with Crippen molar-refractivity contribution in [2.24, 2.45) is 0 Å². The van der Waals surface area contributed by atoms with Crippen LogP contribution in [-0.2, 0) is 4.79 Å². The van der Waals surface area contributed by atoms with Crippen LogP contribution in [0.15, 0.2) is 24.3 Å². The predicted octanol–water partition coefficient (Wildman–Crippen LogP) is 1.95. The first kappa shape index (κ1) is 14.8. The number of methoxy groups -OCH3 is 2. The lowest BCUT2D eigenvalue weighted by Crippen LogP contribution is -2.15. The lowest BCUT2D eigenvalue weighted by atomic mass is 9.97. The second kappa shape index (κ2) is 6.74. The monoisotopic (exact) mass is 290 g/mol. The number of aromatic nitrogens is 3. The minimum atomic E-state index is -0.149. The minimum absolute atomic E-state index is 0.0601. The molecule has 1 heterocycles. The lowest BCUT2D eigenvalue weighted by Gasteiger charge is -2.12. The first-order valence-electron chi connectivity index (χ1n) is 6.52. The highest BCUT2D eigenvalue weighted by Crippen LogP contribution is 2.23. The topological polar surface area (TPSA) is 89.1 Å². The summed E-state index contributed by atoms with van der Waals surface area (Å²) >= 11 is 0. The number of anilines is 1. The molecule has 21 heavy (non-hydrogen) atoms. The fourth-order valence-electron chi connectivity index (χ4n) is 1.92. The number of aromatic amines is 1. The van der Waals surface area contributed by atoms with Crippen LogP contribution in [-0.4, -0.2) is 35.3 Å². The van der Waals surface area contributed by atoms with Gasteiger partial charge in [-0.1, -0.05) is 19.1 Å². The van der Waals surface area contributed by atoms with Crippen molar-refractivity contribution in [3.05, 3.63) is 29.8 Å². The summed E-state index contributed by atoms with van der Waals surface area (Å²) in [6.07, 6.45) is 0.330. The van der Waals surface area contributed by atoms with E-state index in [-0.39, 0.29) is 23.8 Å². The number of nitrogens with zero attached hydrogens (tertiary/aromatic N) is 2. The molecule has 7 heteroatoms. The SMILES string of the molecule is COc1cccc([C@H](C)CC(=O)Nc2nc(OC)n[nH]2)c1. The summed E-state index contributed by atoms with van der Waals surface area (Å²) in [6.45, 7) is 1.98. The Morgan fingerprint density at radius 1 is 1.38 bits per heavy atom. The van der Waals surface area contributed by atoms with Gasteiger partial charge in [0.1, 0.15) is 5.75 Å². The van der Waals surface area contributed by atoms with Crippen molar-refractivity contribution in [3.8, 4) is 11.8 Å². The first-order chi connectivity index (χ1) is 10.1. The van der Waals surface area contributed by atoms with Crippen LogP contribution in [0.25, 0.3) is 0 Å². The molecule has 0 fully saturated rings. The molecule has 112 valence electrons. The number of benzene rings is 1. The third-order valence-electron chi connectivity index (χ3n) is 3.06. The van der Waals surface area contributed by atoms with Crippen molar-refractivity contribution in [1.29, 1.82) is 0 Å². The lowest BCUT2D eigenvalue weighted by molar-refractivity contribution is -0.116. The zero-order valence-corrected chi connectivity index (χ0v) is 12.2. The Kier molecular flexibility index (Phi) is 4.76. The first-order valence-corrected chi connectivity index (χ1v) is 6.52. The largest absolute Gasteiger partial charge is 0.497 e. The summed E-state index contributed by atoms with van der Waals surface area (Å²) < 4.78 is 10.0. The molecule has 0 unspecified atom stereocenters. The molecule has 1 aromatic heterocycles. The van der Waals surface area contributed by atoms with Gasteiger partial charge >= 0.3 is 6.01 Å². The van der Waals surface area contributed by atoms with Gasteiger partial charge < -0.3 is 9.47 Å². The molecule has 2 N–H and O–H groups in total. The summed E-state index contributed by atoms with van der Waals surface area (Å²) in [6, 6.07) is 7.86. The van der Waals surface area contributed by atoms with Gasteiger partial charge in [-0.05, 0) is 23.6 Å². The van der Waals surface area contributed by atoms with Gasteiger partial charge in [0.05, 0.1) is 14.2 Å². The van der Waals surface area contributed by atoms with E-state index in [0.29, 0.717) is 6.42 Å². The molecule has 0 radical (unpaired) electrons. The van der Waals surface area contributed by atoms with Crippen molar-refractivity contribution < 1.29 is 14.3 Å². The van der Waals surface area contributed by atoms with E-state index in [2.05, 4.69) is 20.5 Å². The van der Waals surface area contributed by atoms with E-state index in [1.807, 2.05) is 31.2 Å². The van der Waals surface area contributed by atoms with E-state index in [1.165, 1.54) is 7.11 Å². The fourth-order valence-corrected chi connectivity index (χ4v) is 1.92. The molecule has 1 amide bonds. The zero-order valence-electron chi connectivity index (χ0n) is 12.2. The van der Waals surface area contributed by atoms with Crippen molar-refractivity contribution in [2.75, 3.05) is 19.5 Å². The number of ether oxygens (including phenoxy) is 2. The Labute approximate surface area is 122 Å². The maximum atomic E-state index is 12.0. The van der Waals surface area contributed by atoms with Crippen LogP contribution in [0.3, 0.4) is 0 Å². The number of carbonyl (C=O) groups excluding carboxylic acids is 1. The summed E-state index contributed by atoms with van der Waals surface area (Å²) in [4.78, 5) is 15.9. The Bertz CT molecular complexity index is 612. The highest BCUT2D eigenvalue weighted by atomic mass is 16.5. The summed E-state index contributed by atoms with van der Waals surface area (Å²) in [5.74, 6) is 0.962. The van der Waals surface area contributed by atoms with Crippen LogP contribution >= 0.6 is 0 Å². The maximum absolute atomic E-state index is 12.0. The smallest absolute Gasteiger partial charge is 0.336 e. The third-order valence-corrected chi connectivity index (χ3v) is 3.06. The van der Waals surface area contributed by atoms with E-state index in [0.717, 1.165) is 11.3 Å². The Balaban J connectivity index is 1.94. The number of rotatable bonds is 6. The van der Waals surface area contributed by atoms with Crippen LogP contribution in [0.4, 0.5) is 5.95 Å². The summed E-state index contributed by atoms with van der Waals surface area (Å²) in [5.41, 5.74) is 1.04. The van der Waals surface area contributed by atoms with E-state index in [4.69, 9.17) is 9.47 Å². The average molecular weight is 290 g/mol.